The first kappa shape index (κ1) is 28.6. The monoisotopic (exact) mass is 675 g/mol. The van der Waals surface area contributed by atoms with E-state index in [4.69, 9.17) is 13.8 Å². The Hall–Kier alpha value is -6.21. The highest BCUT2D eigenvalue weighted by atomic mass is 32.1. The lowest BCUT2D eigenvalue weighted by Crippen LogP contribution is -2.44. The molecular weight excluding hydrogens is 647 g/mol. The Morgan fingerprint density at radius 2 is 1.24 bits per heavy atom. The van der Waals surface area contributed by atoms with E-state index in [-0.39, 0.29) is 12.3 Å². The summed E-state index contributed by atoms with van der Waals surface area (Å²) >= 11 is 1.83. The van der Waals surface area contributed by atoms with E-state index in [0.717, 1.165) is 77.5 Å². The van der Waals surface area contributed by atoms with Crippen molar-refractivity contribution >= 4 is 81.2 Å². The third kappa shape index (κ3) is 4.54. The van der Waals surface area contributed by atoms with Crippen LogP contribution in [-0.4, -0.2) is 5.84 Å². The number of furan rings is 2. The van der Waals surface area contributed by atoms with Crippen LogP contribution in [0.15, 0.2) is 165 Å². The van der Waals surface area contributed by atoms with E-state index in [1.807, 2.05) is 35.6 Å². The molecule has 0 bridgehead atoms. The lowest BCUT2D eigenvalue weighted by molar-refractivity contribution is 0.409. The Balaban J connectivity index is 1.02. The molecule has 51 heavy (non-hydrogen) atoms. The van der Waals surface area contributed by atoms with Gasteiger partial charge in [-0.2, -0.15) is 0 Å². The van der Waals surface area contributed by atoms with Crippen LogP contribution in [0, 0.1) is 0 Å². The molecule has 0 radical (unpaired) electrons. The SMILES string of the molecule is c1ccc(C2=NC(c3ccc4c(c3)oc3cccc(-c5cccc6c5oc5ccccc56)c34)NC(c3ccc4c(c3)sc3ccccc34)N2)cc1. The minimum absolute atomic E-state index is 0.153. The molecule has 7 aromatic carbocycles. The molecule has 0 fully saturated rings. The largest absolute Gasteiger partial charge is 0.456 e. The molecule has 1 aliphatic rings. The summed E-state index contributed by atoms with van der Waals surface area (Å²) in [7, 11) is 0. The highest BCUT2D eigenvalue weighted by Gasteiger charge is 2.27. The molecule has 10 aromatic rings. The quantitative estimate of drug-likeness (QED) is 0.195. The number of nitrogens with zero attached hydrogens (tertiary/aromatic N) is 1. The highest BCUT2D eigenvalue weighted by molar-refractivity contribution is 7.25. The molecule has 0 amide bonds. The number of rotatable bonds is 4. The lowest BCUT2D eigenvalue weighted by atomic mass is 9.97. The Morgan fingerprint density at radius 1 is 0.510 bits per heavy atom. The van der Waals surface area contributed by atoms with Crippen LogP contribution in [0.1, 0.15) is 29.0 Å². The van der Waals surface area contributed by atoms with E-state index in [9.17, 15) is 0 Å². The van der Waals surface area contributed by atoms with Gasteiger partial charge in [0.15, 0.2) is 0 Å². The Bertz CT molecular complexity index is 3010. The molecule has 0 saturated carbocycles. The van der Waals surface area contributed by atoms with Crippen LogP contribution in [0.4, 0.5) is 0 Å². The van der Waals surface area contributed by atoms with E-state index in [0.29, 0.717) is 0 Å². The Kier molecular flexibility index (Phi) is 6.26. The fraction of sp³-hybridized carbons (Fsp3) is 0.0444. The number of benzene rings is 7. The number of aliphatic imine (C=N–C) groups is 1. The molecule has 1 aliphatic heterocycles. The summed E-state index contributed by atoms with van der Waals surface area (Å²) in [5, 5.41) is 14.5. The molecule has 2 atom stereocenters. The zero-order valence-electron chi connectivity index (χ0n) is 27.3. The van der Waals surface area contributed by atoms with Gasteiger partial charge in [0, 0.05) is 52.8 Å². The van der Waals surface area contributed by atoms with E-state index in [1.54, 1.807) is 0 Å². The number of nitrogens with one attached hydrogen (secondary N) is 2. The van der Waals surface area contributed by atoms with Gasteiger partial charge in [-0.3, -0.25) is 5.32 Å². The summed E-state index contributed by atoms with van der Waals surface area (Å²) < 4.78 is 15.6. The number of fused-ring (bicyclic) bond motifs is 9. The van der Waals surface area contributed by atoms with Crippen molar-refractivity contribution in [2.45, 2.75) is 12.3 Å². The number of thiophene rings is 1. The molecule has 2 unspecified atom stereocenters. The van der Waals surface area contributed by atoms with Gasteiger partial charge >= 0.3 is 0 Å². The fourth-order valence-corrected chi connectivity index (χ4v) is 8.92. The van der Waals surface area contributed by atoms with Gasteiger partial charge in [0.25, 0.3) is 0 Å². The third-order valence-corrected chi connectivity index (χ3v) is 11.3. The van der Waals surface area contributed by atoms with Gasteiger partial charge in [-0.15, -0.1) is 11.3 Å². The first-order valence-electron chi connectivity index (χ1n) is 17.2. The van der Waals surface area contributed by atoms with Crippen molar-refractivity contribution in [3.63, 3.8) is 0 Å². The first-order valence-corrected chi connectivity index (χ1v) is 18.0. The number of amidine groups is 1. The van der Waals surface area contributed by atoms with Crippen molar-refractivity contribution in [1.29, 1.82) is 0 Å². The molecule has 11 rings (SSSR count). The summed E-state index contributed by atoms with van der Waals surface area (Å²) in [6, 6.07) is 53.1. The maximum absolute atomic E-state index is 6.60. The van der Waals surface area contributed by atoms with Gasteiger partial charge in [0.2, 0.25) is 0 Å². The minimum Gasteiger partial charge on any atom is -0.456 e. The number of hydrogen-bond acceptors (Lipinski definition) is 6. The van der Waals surface area contributed by atoms with Crippen LogP contribution in [-0.2, 0) is 0 Å². The van der Waals surface area contributed by atoms with Gasteiger partial charge in [-0.05, 0) is 47.0 Å². The zero-order valence-corrected chi connectivity index (χ0v) is 28.1. The van der Waals surface area contributed by atoms with Gasteiger partial charge in [0.1, 0.15) is 40.5 Å². The molecule has 0 saturated heterocycles. The second-order valence-electron chi connectivity index (χ2n) is 13.2. The molecule has 6 heteroatoms. The fourth-order valence-electron chi connectivity index (χ4n) is 7.76. The topological polar surface area (TPSA) is 62.7 Å². The van der Waals surface area contributed by atoms with Crippen LogP contribution in [0.3, 0.4) is 0 Å². The third-order valence-electron chi connectivity index (χ3n) is 10.2. The predicted octanol–water partition coefficient (Wildman–Crippen LogP) is 11.9. The standard InChI is InChI=1S/C45H29N3O2S/c1-2-10-26(11-3-1)43-46-44(48-45(47-43)28-20-22-31-30-13-5-7-19-39(30)51-40(31)25-28)27-21-23-35-38(24-27)49-37-18-9-14-32(41(35)37)34-16-8-15-33-29-12-4-6-17-36(29)50-42(33)34/h1-25,44-45,48H,(H,46,47). The van der Waals surface area contributed by atoms with Gasteiger partial charge < -0.3 is 14.2 Å². The highest BCUT2D eigenvalue weighted by Crippen LogP contribution is 2.42. The zero-order chi connectivity index (χ0) is 33.5. The van der Waals surface area contributed by atoms with Gasteiger partial charge in [0.05, 0.1) is 0 Å². The van der Waals surface area contributed by atoms with E-state index in [2.05, 4.69) is 138 Å². The van der Waals surface area contributed by atoms with Crippen molar-refractivity contribution in [1.82, 2.24) is 10.6 Å². The van der Waals surface area contributed by atoms with Crippen molar-refractivity contribution in [3.05, 3.63) is 168 Å². The summed E-state index contributed by atoms with van der Waals surface area (Å²) in [6.07, 6.45) is -0.453. The maximum Gasteiger partial charge on any atom is 0.143 e. The molecule has 5 nitrogen and oxygen atoms in total. The van der Waals surface area contributed by atoms with Crippen molar-refractivity contribution in [3.8, 4) is 11.1 Å². The predicted molar refractivity (Wildman–Crippen MR) is 210 cm³/mol. The van der Waals surface area contributed by atoms with E-state index >= 15 is 0 Å². The average molecular weight is 676 g/mol. The van der Waals surface area contributed by atoms with Crippen LogP contribution >= 0.6 is 11.3 Å². The number of para-hydroxylation sites is 2. The Morgan fingerprint density at radius 3 is 2.18 bits per heavy atom. The van der Waals surface area contributed by atoms with Crippen molar-refractivity contribution < 1.29 is 8.83 Å². The molecular formula is C45H29N3O2S. The van der Waals surface area contributed by atoms with Crippen molar-refractivity contribution in [2.75, 3.05) is 0 Å². The number of hydrogen-bond donors (Lipinski definition) is 2. The van der Waals surface area contributed by atoms with Crippen molar-refractivity contribution in [2.24, 2.45) is 4.99 Å². The van der Waals surface area contributed by atoms with Gasteiger partial charge in [-0.25, -0.2) is 4.99 Å². The van der Waals surface area contributed by atoms with Gasteiger partial charge in [-0.1, -0.05) is 121 Å². The van der Waals surface area contributed by atoms with Crippen LogP contribution in [0.25, 0.3) is 75.2 Å². The summed E-state index contributed by atoms with van der Waals surface area (Å²) in [5.41, 5.74) is 8.83. The molecule has 4 heterocycles. The summed E-state index contributed by atoms with van der Waals surface area (Å²) in [4.78, 5) is 5.22. The van der Waals surface area contributed by atoms with E-state index < -0.39 is 0 Å². The van der Waals surface area contributed by atoms with E-state index in [1.165, 1.54) is 20.2 Å². The lowest BCUT2D eigenvalue weighted by Gasteiger charge is -2.32. The summed E-state index contributed by atoms with van der Waals surface area (Å²) in [5.74, 6) is 0.853. The van der Waals surface area contributed by atoms with Crippen LogP contribution in [0.5, 0.6) is 0 Å². The molecule has 2 N–H and O–H groups in total. The molecule has 242 valence electrons. The minimum atomic E-state index is -0.300. The average Bonchev–Trinajstić information content (AvgIpc) is 3.88. The molecule has 0 aliphatic carbocycles. The smallest absolute Gasteiger partial charge is 0.143 e. The van der Waals surface area contributed by atoms with Crippen LogP contribution < -0.4 is 10.6 Å². The first-order chi connectivity index (χ1) is 25.2. The second-order valence-corrected chi connectivity index (χ2v) is 14.2. The van der Waals surface area contributed by atoms with Crippen LogP contribution in [0.2, 0.25) is 0 Å². The normalized spacial score (nSPS) is 16.4. The Labute approximate surface area is 296 Å². The molecule has 0 spiro atoms. The maximum atomic E-state index is 6.60. The second kappa shape index (κ2) is 11.2. The summed E-state index contributed by atoms with van der Waals surface area (Å²) in [6.45, 7) is 0. The molecule has 3 aromatic heterocycles.